The minimum absolute atomic E-state index is 0.0112. The lowest BCUT2D eigenvalue weighted by Crippen LogP contribution is -2.39. The molecule has 6 nitrogen and oxygen atoms in total. The number of nitrogens with zero attached hydrogens (tertiary/aromatic N) is 3. The summed E-state index contributed by atoms with van der Waals surface area (Å²) in [6, 6.07) is 11.3. The van der Waals surface area contributed by atoms with Crippen molar-refractivity contribution in [2.24, 2.45) is 0 Å². The van der Waals surface area contributed by atoms with Gasteiger partial charge in [0, 0.05) is 24.6 Å². The van der Waals surface area contributed by atoms with E-state index in [0.29, 0.717) is 6.54 Å². The summed E-state index contributed by atoms with van der Waals surface area (Å²) < 4.78 is 1.76. The Bertz CT molecular complexity index is 980. The number of thiophene rings is 1. The smallest absolute Gasteiger partial charge is 0.241 e. The summed E-state index contributed by atoms with van der Waals surface area (Å²) in [6.07, 6.45) is 5.43. The van der Waals surface area contributed by atoms with Gasteiger partial charge in [0.15, 0.2) is 5.78 Å². The van der Waals surface area contributed by atoms with Crippen molar-refractivity contribution in [2.45, 2.75) is 32.4 Å². The monoisotopic (exact) mass is 394 g/mol. The highest BCUT2D eigenvalue weighted by Crippen LogP contribution is 2.24. The number of hydrogen-bond donors (Lipinski definition) is 1. The molecule has 1 amide bonds. The lowest BCUT2D eigenvalue weighted by Gasteiger charge is -2.23. The molecule has 1 saturated heterocycles. The molecular weight excluding hydrogens is 372 g/mol. The van der Waals surface area contributed by atoms with Crippen LogP contribution in [-0.4, -0.2) is 39.0 Å². The molecule has 0 saturated carbocycles. The molecular formula is C21H22N4O2S. The van der Waals surface area contributed by atoms with Crippen LogP contribution >= 0.6 is 11.3 Å². The Kier molecular flexibility index (Phi) is 5.36. The van der Waals surface area contributed by atoms with E-state index >= 15 is 0 Å². The third-order valence-corrected chi connectivity index (χ3v) is 6.02. The lowest BCUT2D eigenvalue weighted by atomic mass is 10.2. The second-order valence-corrected chi connectivity index (χ2v) is 7.91. The highest BCUT2D eigenvalue weighted by Gasteiger charge is 2.31. The number of nitrogens with one attached hydrogen (secondary N) is 1. The summed E-state index contributed by atoms with van der Waals surface area (Å²) in [4.78, 5) is 27.4. The number of likely N-dealkylation sites (tertiary alicyclic amines) is 1. The maximum atomic E-state index is 12.9. The van der Waals surface area contributed by atoms with Gasteiger partial charge in [-0.05, 0) is 67.6 Å². The van der Waals surface area contributed by atoms with Gasteiger partial charge >= 0.3 is 0 Å². The molecule has 0 spiro atoms. The van der Waals surface area contributed by atoms with E-state index in [1.165, 1.54) is 11.3 Å². The molecule has 2 aromatic heterocycles. The van der Waals surface area contributed by atoms with E-state index < -0.39 is 0 Å². The molecule has 144 valence electrons. The number of aromatic nitrogens is 2. The number of benzene rings is 1. The molecule has 28 heavy (non-hydrogen) atoms. The maximum Gasteiger partial charge on any atom is 0.241 e. The number of rotatable bonds is 6. The van der Waals surface area contributed by atoms with Crippen LogP contribution in [0.5, 0.6) is 0 Å². The molecule has 7 heteroatoms. The van der Waals surface area contributed by atoms with E-state index in [4.69, 9.17) is 0 Å². The van der Waals surface area contributed by atoms with E-state index in [9.17, 15) is 9.59 Å². The summed E-state index contributed by atoms with van der Waals surface area (Å²) >= 11 is 1.47. The van der Waals surface area contributed by atoms with Gasteiger partial charge in [0.2, 0.25) is 5.91 Å². The molecule has 0 radical (unpaired) electrons. The van der Waals surface area contributed by atoms with Crippen LogP contribution in [0.15, 0.2) is 54.2 Å². The molecule has 0 unspecified atom stereocenters. The van der Waals surface area contributed by atoms with E-state index in [1.54, 1.807) is 17.8 Å². The van der Waals surface area contributed by atoms with Gasteiger partial charge in [-0.25, -0.2) is 4.68 Å². The van der Waals surface area contributed by atoms with Gasteiger partial charge in [0.1, 0.15) is 0 Å². The van der Waals surface area contributed by atoms with Gasteiger partial charge in [-0.1, -0.05) is 6.07 Å². The van der Waals surface area contributed by atoms with E-state index in [2.05, 4.69) is 15.3 Å². The second-order valence-electron chi connectivity index (χ2n) is 6.99. The largest absolute Gasteiger partial charge is 0.325 e. The third-order valence-electron chi connectivity index (χ3n) is 4.94. The highest BCUT2D eigenvalue weighted by molar-refractivity contribution is 7.12. The minimum atomic E-state index is -0.158. The maximum absolute atomic E-state index is 12.9. The van der Waals surface area contributed by atoms with Crippen molar-refractivity contribution in [2.75, 3.05) is 11.9 Å². The van der Waals surface area contributed by atoms with Gasteiger partial charge in [-0.15, -0.1) is 11.3 Å². The van der Waals surface area contributed by atoms with Crippen LogP contribution in [0.4, 0.5) is 5.69 Å². The predicted octanol–water partition coefficient (Wildman–Crippen LogP) is 3.74. The fraction of sp³-hybridized carbons (Fsp3) is 0.286. The van der Waals surface area contributed by atoms with Crippen molar-refractivity contribution in [3.8, 4) is 5.69 Å². The quantitative estimate of drug-likeness (QED) is 0.647. The number of amides is 1. The van der Waals surface area contributed by atoms with E-state index in [1.807, 2.05) is 48.0 Å². The van der Waals surface area contributed by atoms with Crippen LogP contribution in [0.3, 0.4) is 0 Å². The average Bonchev–Trinajstić information content (AvgIpc) is 3.44. The summed E-state index contributed by atoms with van der Waals surface area (Å²) in [5.41, 5.74) is 2.76. The van der Waals surface area contributed by atoms with Crippen LogP contribution in [0, 0.1) is 0 Å². The van der Waals surface area contributed by atoms with Crippen molar-refractivity contribution in [3.63, 3.8) is 0 Å². The number of Topliss-reactive ketones (excluding diaryl/α,β-unsaturated/α-hetero) is 1. The minimum Gasteiger partial charge on any atom is -0.325 e. The van der Waals surface area contributed by atoms with Gasteiger partial charge in [0.25, 0.3) is 0 Å². The Labute approximate surface area is 167 Å². The van der Waals surface area contributed by atoms with Crippen molar-refractivity contribution >= 4 is 28.7 Å². The summed E-state index contributed by atoms with van der Waals surface area (Å²) in [7, 11) is 0. The van der Waals surface area contributed by atoms with Crippen LogP contribution in [0.2, 0.25) is 0 Å². The molecule has 0 bridgehead atoms. The Balaban J connectivity index is 1.43. The number of ketones is 1. The fourth-order valence-electron chi connectivity index (χ4n) is 3.56. The van der Waals surface area contributed by atoms with Crippen LogP contribution in [-0.2, 0) is 11.3 Å². The molecule has 3 aromatic rings. The zero-order valence-corrected chi connectivity index (χ0v) is 16.5. The number of hydrogen-bond acceptors (Lipinski definition) is 5. The molecule has 1 fully saturated rings. The Morgan fingerprint density at radius 3 is 2.93 bits per heavy atom. The first-order chi connectivity index (χ1) is 13.6. The zero-order valence-electron chi connectivity index (χ0n) is 15.7. The molecule has 3 heterocycles. The van der Waals surface area contributed by atoms with Crippen LogP contribution < -0.4 is 5.32 Å². The number of carbonyl (C=O) groups is 2. The number of carbonyl (C=O) groups excluding carboxylic acids is 2. The van der Waals surface area contributed by atoms with Gasteiger partial charge in [-0.2, -0.15) is 5.10 Å². The molecule has 1 atom stereocenters. The first-order valence-electron chi connectivity index (χ1n) is 9.33. The third kappa shape index (κ3) is 4.05. The van der Waals surface area contributed by atoms with Crippen molar-refractivity contribution in [3.05, 3.63) is 64.6 Å². The van der Waals surface area contributed by atoms with Gasteiger partial charge in [-0.3, -0.25) is 14.5 Å². The second kappa shape index (κ2) is 8.08. The normalized spacial score (nSPS) is 17.0. The molecule has 1 aliphatic rings. The molecule has 4 rings (SSSR count). The molecule has 1 N–H and O–H groups in total. The summed E-state index contributed by atoms with van der Waals surface area (Å²) in [5.74, 6) is 0.0983. The van der Waals surface area contributed by atoms with Crippen molar-refractivity contribution in [1.29, 1.82) is 0 Å². The summed E-state index contributed by atoms with van der Waals surface area (Å²) in [5, 5.41) is 9.29. The topological polar surface area (TPSA) is 67.2 Å². The molecule has 1 aromatic carbocycles. The Morgan fingerprint density at radius 2 is 2.18 bits per heavy atom. The Morgan fingerprint density at radius 1 is 1.29 bits per heavy atom. The average molecular weight is 395 g/mol. The molecule has 1 aliphatic heterocycles. The van der Waals surface area contributed by atoms with E-state index in [0.717, 1.165) is 41.2 Å². The zero-order chi connectivity index (χ0) is 19.5. The first-order valence-corrected chi connectivity index (χ1v) is 10.2. The highest BCUT2D eigenvalue weighted by atomic mass is 32.1. The van der Waals surface area contributed by atoms with Crippen molar-refractivity contribution < 1.29 is 9.59 Å². The SMILES string of the molecule is CC(=O)c1cc(CN2CCC[C@@H]2C(=O)Nc2cccc(-n3cccn3)c2)cs1. The fourth-order valence-corrected chi connectivity index (χ4v) is 4.37. The van der Waals surface area contributed by atoms with Gasteiger partial charge < -0.3 is 5.32 Å². The van der Waals surface area contributed by atoms with Gasteiger partial charge in [0.05, 0.1) is 16.6 Å². The molecule has 0 aliphatic carbocycles. The lowest BCUT2D eigenvalue weighted by molar-refractivity contribution is -0.120. The first kappa shape index (κ1) is 18.6. The Hall–Kier alpha value is -2.77. The standard InChI is InChI=1S/C21H22N4O2S/c1-15(26)20-11-16(14-28-20)13-24-9-3-7-19(24)21(27)23-17-5-2-6-18(12-17)25-10-4-8-22-25/h2,4-6,8,10-12,14,19H,3,7,9,13H2,1H3,(H,23,27)/t19-/m1/s1. The summed E-state index contributed by atoms with van der Waals surface area (Å²) in [6.45, 7) is 3.16. The number of anilines is 1. The van der Waals surface area contributed by atoms with E-state index in [-0.39, 0.29) is 17.7 Å². The predicted molar refractivity (Wildman–Crippen MR) is 110 cm³/mol. The van der Waals surface area contributed by atoms with Crippen LogP contribution in [0.1, 0.15) is 35.0 Å². The van der Waals surface area contributed by atoms with Crippen molar-refractivity contribution in [1.82, 2.24) is 14.7 Å². The van der Waals surface area contributed by atoms with Crippen LogP contribution in [0.25, 0.3) is 5.69 Å².